The Morgan fingerprint density at radius 1 is 1.20 bits per heavy atom. The zero-order valence-corrected chi connectivity index (χ0v) is 11.5. The molecule has 20 heavy (non-hydrogen) atoms. The Morgan fingerprint density at radius 2 is 2.00 bits per heavy atom. The highest BCUT2D eigenvalue weighted by molar-refractivity contribution is 5.48. The maximum Gasteiger partial charge on any atom is 0.136 e. The molecule has 0 aromatic carbocycles. The minimum atomic E-state index is 0.533. The van der Waals surface area contributed by atoms with Gasteiger partial charge in [-0.15, -0.1) is 0 Å². The molecule has 2 heterocycles. The van der Waals surface area contributed by atoms with Crippen molar-refractivity contribution in [3.05, 3.63) is 35.9 Å². The summed E-state index contributed by atoms with van der Waals surface area (Å²) in [6.45, 7) is 3.52. The van der Waals surface area contributed by atoms with Gasteiger partial charge < -0.3 is 10.6 Å². The summed E-state index contributed by atoms with van der Waals surface area (Å²) in [5.74, 6) is 3.19. The van der Waals surface area contributed by atoms with E-state index in [9.17, 15) is 0 Å². The van der Waals surface area contributed by atoms with E-state index in [0.717, 1.165) is 29.7 Å². The highest BCUT2D eigenvalue weighted by Crippen LogP contribution is 2.38. The highest BCUT2D eigenvalue weighted by atomic mass is 15.1. The Labute approximate surface area is 118 Å². The largest absolute Gasteiger partial charge is 0.370 e. The van der Waals surface area contributed by atoms with Crippen molar-refractivity contribution in [1.29, 1.82) is 0 Å². The van der Waals surface area contributed by atoms with Crippen molar-refractivity contribution < 1.29 is 0 Å². The van der Waals surface area contributed by atoms with Crippen LogP contribution in [-0.4, -0.2) is 26.7 Å². The number of hydrogen-bond acceptors (Lipinski definition) is 6. The molecule has 104 valence electrons. The quantitative estimate of drug-likeness (QED) is 0.838. The third-order valence-corrected chi connectivity index (χ3v) is 3.12. The fourth-order valence-corrected chi connectivity index (χ4v) is 1.96. The van der Waals surface area contributed by atoms with Gasteiger partial charge in [0.1, 0.15) is 17.5 Å². The van der Waals surface area contributed by atoms with E-state index < -0.39 is 0 Å². The van der Waals surface area contributed by atoms with Crippen LogP contribution in [0, 0.1) is 0 Å². The second-order valence-electron chi connectivity index (χ2n) is 4.87. The molecule has 6 heteroatoms. The van der Waals surface area contributed by atoms with Crippen molar-refractivity contribution in [3.63, 3.8) is 0 Å². The van der Waals surface area contributed by atoms with Crippen LogP contribution >= 0.6 is 0 Å². The Morgan fingerprint density at radius 3 is 2.65 bits per heavy atom. The van der Waals surface area contributed by atoms with Gasteiger partial charge in [-0.25, -0.2) is 9.97 Å². The molecule has 0 aliphatic heterocycles. The zero-order valence-electron chi connectivity index (χ0n) is 11.5. The van der Waals surface area contributed by atoms with Crippen molar-refractivity contribution in [2.24, 2.45) is 0 Å². The number of nitrogens with one attached hydrogen (secondary N) is 2. The van der Waals surface area contributed by atoms with Crippen LogP contribution in [0.25, 0.3) is 0 Å². The number of rotatable bonds is 6. The molecule has 2 aromatic rings. The standard InChI is InChI=1S/C14H18N6/c1-2-15-12-8-13(19-14(18-12)10-5-6-10)16-9-11-4-3-7-17-20-11/h3-4,7-8,10H,2,5-6,9H2,1H3,(H2,15,16,18,19). The van der Waals surface area contributed by atoms with E-state index in [1.807, 2.05) is 18.2 Å². The van der Waals surface area contributed by atoms with Gasteiger partial charge in [0.05, 0.1) is 12.2 Å². The first-order valence-corrected chi connectivity index (χ1v) is 6.98. The Hall–Kier alpha value is -2.24. The molecular formula is C14H18N6. The summed E-state index contributed by atoms with van der Waals surface area (Å²) in [5, 5.41) is 14.5. The second-order valence-corrected chi connectivity index (χ2v) is 4.87. The Kier molecular flexibility index (Phi) is 3.71. The van der Waals surface area contributed by atoms with Crippen LogP contribution in [0.1, 0.15) is 37.2 Å². The molecule has 1 aliphatic rings. The number of nitrogens with zero attached hydrogens (tertiary/aromatic N) is 4. The van der Waals surface area contributed by atoms with Gasteiger partial charge in [-0.1, -0.05) is 0 Å². The fourth-order valence-electron chi connectivity index (χ4n) is 1.96. The van der Waals surface area contributed by atoms with Crippen LogP contribution in [0.2, 0.25) is 0 Å². The summed E-state index contributed by atoms with van der Waals surface area (Å²) in [7, 11) is 0. The van der Waals surface area contributed by atoms with Crippen molar-refractivity contribution in [1.82, 2.24) is 20.2 Å². The van der Waals surface area contributed by atoms with E-state index in [1.54, 1.807) is 6.20 Å². The molecule has 0 saturated heterocycles. The normalized spacial score (nSPS) is 14.1. The van der Waals surface area contributed by atoms with E-state index >= 15 is 0 Å². The summed E-state index contributed by atoms with van der Waals surface area (Å²) in [6, 6.07) is 5.75. The van der Waals surface area contributed by atoms with Crippen LogP contribution < -0.4 is 10.6 Å². The summed E-state index contributed by atoms with van der Waals surface area (Å²) in [6.07, 6.45) is 4.06. The maximum atomic E-state index is 4.58. The summed E-state index contributed by atoms with van der Waals surface area (Å²) >= 11 is 0. The maximum absolute atomic E-state index is 4.58. The van der Waals surface area contributed by atoms with Gasteiger partial charge in [-0.05, 0) is 31.9 Å². The number of hydrogen-bond donors (Lipinski definition) is 2. The summed E-state index contributed by atoms with van der Waals surface area (Å²) < 4.78 is 0. The molecule has 2 N–H and O–H groups in total. The van der Waals surface area contributed by atoms with Gasteiger partial charge in [-0.2, -0.15) is 10.2 Å². The first kappa shape index (κ1) is 12.8. The highest BCUT2D eigenvalue weighted by Gasteiger charge is 2.27. The number of anilines is 2. The van der Waals surface area contributed by atoms with Gasteiger partial charge in [0, 0.05) is 24.7 Å². The number of aromatic nitrogens is 4. The lowest BCUT2D eigenvalue weighted by atomic mass is 10.3. The van der Waals surface area contributed by atoms with Gasteiger partial charge in [0.2, 0.25) is 0 Å². The van der Waals surface area contributed by atoms with E-state index in [0.29, 0.717) is 12.5 Å². The van der Waals surface area contributed by atoms with Crippen LogP contribution in [0.3, 0.4) is 0 Å². The van der Waals surface area contributed by atoms with E-state index in [1.165, 1.54) is 12.8 Å². The van der Waals surface area contributed by atoms with Crippen LogP contribution in [0.15, 0.2) is 24.4 Å². The average Bonchev–Trinajstić information content (AvgIpc) is 3.31. The SMILES string of the molecule is CCNc1cc(NCc2cccnn2)nc(C2CC2)n1. The van der Waals surface area contributed by atoms with Crippen LogP contribution in [-0.2, 0) is 6.54 Å². The first-order valence-electron chi connectivity index (χ1n) is 6.98. The first-order chi connectivity index (χ1) is 9.85. The van der Waals surface area contributed by atoms with Gasteiger partial charge in [0.15, 0.2) is 0 Å². The smallest absolute Gasteiger partial charge is 0.136 e. The lowest BCUT2D eigenvalue weighted by molar-refractivity contribution is 0.896. The van der Waals surface area contributed by atoms with Crippen molar-refractivity contribution in [2.75, 3.05) is 17.2 Å². The summed E-state index contributed by atoms with van der Waals surface area (Å²) in [5.41, 5.74) is 0.893. The van der Waals surface area contributed by atoms with Gasteiger partial charge in [0.25, 0.3) is 0 Å². The van der Waals surface area contributed by atoms with Crippen LogP contribution in [0.4, 0.5) is 11.6 Å². The lowest BCUT2D eigenvalue weighted by Crippen LogP contribution is -2.08. The monoisotopic (exact) mass is 270 g/mol. The molecule has 0 atom stereocenters. The predicted octanol–water partition coefficient (Wildman–Crippen LogP) is 2.19. The van der Waals surface area contributed by atoms with Crippen molar-refractivity contribution in [3.8, 4) is 0 Å². The van der Waals surface area contributed by atoms with E-state index in [2.05, 4.69) is 37.7 Å². The Balaban J connectivity index is 1.74. The molecule has 3 rings (SSSR count). The van der Waals surface area contributed by atoms with Crippen LogP contribution in [0.5, 0.6) is 0 Å². The molecule has 1 fully saturated rings. The fraction of sp³-hybridized carbons (Fsp3) is 0.429. The summed E-state index contributed by atoms with van der Waals surface area (Å²) in [4.78, 5) is 9.13. The average molecular weight is 270 g/mol. The molecule has 0 spiro atoms. The minimum Gasteiger partial charge on any atom is -0.370 e. The zero-order chi connectivity index (χ0) is 13.8. The van der Waals surface area contributed by atoms with E-state index in [4.69, 9.17) is 0 Å². The molecule has 2 aromatic heterocycles. The van der Waals surface area contributed by atoms with Gasteiger partial charge >= 0.3 is 0 Å². The molecule has 0 bridgehead atoms. The molecule has 0 unspecified atom stereocenters. The molecular weight excluding hydrogens is 252 g/mol. The molecule has 6 nitrogen and oxygen atoms in total. The topological polar surface area (TPSA) is 75.6 Å². The van der Waals surface area contributed by atoms with Gasteiger partial charge in [-0.3, -0.25) is 0 Å². The Bertz CT molecular complexity index is 567. The minimum absolute atomic E-state index is 0.533. The molecule has 0 amide bonds. The molecule has 1 saturated carbocycles. The van der Waals surface area contributed by atoms with Crippen molar-refractivity contribution in [2.45, 2.75) is 32.2 Å². The molecule has 0 radical (unpaired) electrons. The third kappa shape index (κ3) is 3.20. The predicted molar refractivity (Wildman–Crippen MR) is 77.5 cm³/mol. The second kappa shape index (κ2) is 5.81. The van der Waals surface area contributed by atoms with Crippen molar-refractivity contribution >= 4 is 11.6 Å². The lowest BCUT2D eigenvalue weighted by Gasteiger charge is -2.10. The van der Waals surface area contributed by atoms with E-state index in [-0.39, 0.29) is 0 Å². The molecule has 1 aliphatic carbocycles. The third-order valence-electron chi connectivity index (χ3n) is 3.12.